The van der Waals surface area contributed by atoms with Crippen LogP contribution >= 0.6 is 0 Å². The van der Waals surface area contributed by atoms with Crippen LogP contribution in [0, 0.1) is 12.8 Å². The van der Waals surface area contributed by atoms with Crippen molar-refractivity contribution < 1.29 is 0 Å². The summed E-state index contributed by atoms with van der Waals surface area (Å²) >= 11 is 0. The Labute approximate surface area is 124 Å². The molecule has 112 valence electrons. The van der Waals surface area contributed by atoms with Crippen LogP contribution in [-0.2, 0) is 0 Å². The van der Waals surface area contributed by atoms with Gasteiger partial charge in [-0.05, 0) is 44.2 Å². The molecule has 2 heteroatoms. The highest BCUT2D eigenvalue weighted by atomic mass is 15.0. The summed E-state index contributed by atoms with van der Waals surface area (Å²) in [4.78, 5) is 0. The number of hydrogen-bond acceptors (Lipinski definition) is 2. The predicted octanol–water partition coefficient (Wildman–Crippen LogP) is 4.48. The number of hydrogen-bond donors (Lipinski definition) is 2. The Morgan fingerprint density at radius 3 is 2.60 bits per heavy atom. The average molecular weight is 274 g/mol. The molecule has 1 aromatic carbocycles. The lowest BCUT2D eigenvalue weighted by molar-refractivity contribution is 0.390. The molecule has 1 saturated carbocycles. The van der Waals surface area contributed by atoms with Crippen molar-refractivity contribution in [2.45, 2.75) is 64.3 Å². The first-order valence-corrected chi connectivity index (χ1v) is 8.22. The molecule has 1 aliphatic rings. The number of rotatable bonds is 5. The Morgan fingerprint density at radius 2 is 1.95 bits per heavy atom. The summed E-state index contributed by atoms with van der Waals surface area (Å²) in [5, 5.41) is 3.75. The first-order chi connectivity index (χ1) is 9.67. The van der Waals surface area contributed by atoms with Gasteiger partial charge in [0.25, 0.3) is 0 Å². The topological polar surface area (TPSA) is 38.0 Å². The maximum atomic E-state index is 6.14. The molecule has 1 aliphatic carbocycles. The number of nitrogens with one attached hydrogen (secondary N) is 1. The molecule has 1 fully saturated rings. The molecule has 0 aliphatic heterocycles. The fourth-order valence-corrected chi connectivity index (χ4v) is 3.50. The molecule has 0 radical (unpaired) electrons. The Bertz CT molecular complexity index is 398. The third-order valence-electron chi connectivity index (χ3n) is 4.85. The lowest BCUT2D eigenvalue weighted by Gasteiger charge is -2.34. The number of nitrogens with two attached hydrogens (primary N) is 1. The molecule has 20 heavy (non-hydrogen) atoms. The zero-order chi connectivity index (χ0) is 14.4. The van der Waals surface area contributed by atoms with Gasteiger partial charge in [-0.25, -0.2) is 0 Å². The molecule has 3 N–H and O–H groups in total. The first kappa shape index (κ1) is 15.4. The van der Waals surface area contributed by atoms with E-state index >= 15 is 0 Å². The van der Waals surface area contributed by atoms with E-state index in [2.05, 4.69) is 43.4 Å². The van der Waals surface area contributed by atoms with E-state index in [9.17, 15) is 0 Å². The van der Waals surface area contributed by atoms with E-state index in [1.54, 1.807) is 0 Å². The van der Waals surface area contributed by atoms with Crippen molar-refractivity contribution in [2.24, 2.45) is 11.7 Å². The van der Waals surface area contributed by atoms with Gasteiger partial charge in [0, 0.05) is 17.8 Å². The molecular formula is C18H30N2. The Morgan fingerprint density at radius 1 is 1.20 bits per heavy atom. The van der Waals surface area contributed by atoms with Crippen LogP contribution < -0.4 is 11.1 Å². The van der Waals surface area contributed by atoms with Crippen molar-refractivity contribution in [3.8, 4) is 0 Å². The van der Waals surface area contributed by atoms with Crippen LogP contribution in [0.25, 0.3) is 0 Å². The van der Waals surface area contributed by atoms with E-state index in [-0.39, 0.29) is 5.54 Å². The van der Waals surface area contributed by atoms with E-state index in [0.29, 0.717) is 0 Å². The second-order valence-corrected chi connectivity index (χ2v) is 6.56. The summed E-state index contributed by atoms with van der Waals surface area (Å²) in [5.41, 5.74) is 8.78. The van der Waals surface area contributed by atoms with Gasteiger partial charge in [0.1, 0.15) is 0 Å². The lowest BCUT2D eigenvalue weighted by Crippen LogP contribution is -2.45. The maximum Gasteiger partial charge on any atom is 0.0495 e. The van der Waals surface area contributed by atoms with Crippen molar-refractivity contribution in [3.63, 3.8) is 0 Å². The summed E-state index contributed by atoms with van der Waals surface area (Å²) < 4.78 is 0. The normalized spacial score (nSPS) is 27.1. The quantitative estimate of drug-likeness (QED) is 0.777. The van der Waals surface area contributed by atoms with Crippen LogP contribution in [0.4, 0.5) is 5.69 Å². The molecule has 1 aromatic rings. The molecule has 0 amide bonds. The summed E-state index contributed by atoms with van der Waals surface area (Å²) in [6.07, 6.45) is 9.12. The van der Waals surface area contributed by atoms with Gasteiger partial charge < -0.3 is 11.1 Å². The van der Waals surface area contributed by atoms with Crippen molar-refractivity contribution in [1.82, 2.24) is 0 Å². The van der Waals surface area contributed by atoms with Gasteiger partial charge in [-0.15, -0.1) is 0 Å². The third kappa shape index (κ3) is 3.99. The molecule has 0 bridgehead atoms. The van der Waals surface area contributed by atoms with Gasteiger partial charge in [0.05, 0.1) is 0 Å². The molecule has 2 rings (SSSR count). The fourth-order valence-electron chi connectivity index (χ4n) is 3.50. The summed E-state index contributed by atoms with van der Waals surface area (Å²) in [7, 11) is 0. The molecule has 0 saturated heterocycles. The van der Waals surface area contributed by atoms with Crippen molar-refractivity contribution >= 4 is 5.69 Å². The highest BCUT2D eigenvalue weighted by molar-refractivity contribution is 5.47. The minimum atomic E-state index is 0.109. The lowest BCUT2D eigenvalue weighted by atomic mass is 9.88. The van der Waals surface area contributed by atoms with Crippen LogP contribution in [0.1, 0.15) is 57.4 Å². The largest absolute Gasteiger partial charge is 0.378 e. The molecular weight excluding hydrogens is 244 g/mol. The minimum absolute atomic E-state index is 0.109. The maximum absolute atomic E-state index is 6.14. The Hall–Kier alpha value is -1.02. The zero-order valence-corrected chi connectivity index (χ0v) is 13.1. The van der Waals surface area contributed by atoms with Gasteiger partial charge in [-0.3, -0.25) is 0 Å². The summed E-state index contributed by atoms with van der Waals surface area (Å²) in [5.74, 6) is 0.910. The van der Waals surface area contributed by atoms with E-state index < -0.39 is 0 Å². The summed E-state index contributed by atoms with van der Waals surface area (Å²) in [6.45, 7) is 5.16. The molecule has 2 unspecified atom stereocenters. The number of aryl methyl sites for hydroxylation is 1. The first-order valence-electron chi connectivity index (χ1n) is 8.22. The van der Waals surface area contributed by atoms with Crippen molar-refractivity contribution in [3.05, 3.63) is 29.8 Å². The zero-order valence-electron chi connectivity index (χ0n) is 13.1. The van der Waals surface area contributed by atoms with Gasteiger partial charge >= 0.3 is 0 Å². The molecule has 0 heterocycles. The second kappa shape index (κ2) is 7.12. The SMILES string of the molecule is CCCC1CCCC(CN)(Nc2ccc(C)cc2)CC1. The standard InChI is InChI=1S/C18H30N2/c1-3-5-16-6-4-12-18(14-19,13-11-16)20-17-9-7-15(2)8-10-17/h7-10,16,20H,3-6,11-14,19H2,1-2H3. The minimum Gasteiger partial charge on any atom is -0.378 e. The molecule has 2 atom stereocenters. The van der Waals surface area contributed by atoms with Crippen molar-refractivity contribution in [2.75, 3.05) is 11.9 Å². The highest BCUT2D eigenvalue weighted by Gasteiger charge is 2.31. The van der Waals surface area contributed by atoms with E-state index in [0.717, 1.165) is 12.5 Å². The van der Waals surface area contributed by atoms with Gasteiger partial charge in [-0.2, -0.15) is 0 Å². The van der Waals surface area contributed by atoms with Crippen LogP contribution in [0.15, 0.2) is 24.3 Å². The smallest absolute Gasteiger partial charge is 0.0495 e. The van der Waals surface area contributed by atoms with E-state index in [4.69, 9.17) is 5.73 Å². The Balaban J connectivity index is 2.03. The van der Waals surface area contributed by atoms with Crippen LogP contribution in [0.2, 0.25) is 0 Å². The molecule has 2 nitrogen and oxygen atoms in total. The fraction of sp³-hybridized carbons (Fsp3) is 0.667. The molecule has 0 spiro atoms. The van der Waals surface area contributed by atoms with Crippen LogP contribution in [0.3, 0.4) is 0 Å². The van der Waals surface area contributed by atoms with Gasteiger partial charge in [0.2, 0.25) is 0 Å². The monoisotopic (exact) mass is 274 g/mol. The highest BCUT2D eigenvalue weighted by Crippen LogP contribution is 2.34. The number of benzene rings is 1. The summed E-state index contributed by atoms with van der Waals surface area (Å²) in [6, 6.07) is 8.70. The van der Waals surface area contributed by atoms with Crippen LogP contribution in [-0.4, -0.2) is 12.1 Å². The van der Waals surface area contributed by atoms with Gasteiger partial charge in [-0.1, -0.05) is 50.3 Å². The predicted molar refractivity (Wildman–Crippen MR) is 88.1 cm³/mol. The van der Waals surface area contributed by atoms with Crippen LogP contribution in [0.5, 0.6) is 0 Å². The second-order valence-electron chi connectivity index (χ2n) is 6.56. The number of anilines is 1. The molecule has 0 aromatic heterocycles. The average Bonchev–Trinajstić information content (AvgIpc) is 2.66. The van der Waals surface area contributed by atoms with Crippen molar-refractivity contribution in [1.29, 1.82) is 0 Å². The third-order valence-corrected chi connectivity index (χ3v) is 4.85. The Kier molecular flexibility index (Phi) is 5.47. The van der Waals surface area contributed by atoms with Gasteiger partial charge in [0.15, 0.2) is 0 Å². The van der Waals surface area contributed by atoms with E-state index in [1.165, 1.54) is 56.2 Å². The van der Waals surface area contributed by atoms with E-state index in [1.807, 2.05) is 0 Å².